The third kappa shape index (κ3) is 3.13. The molecule has 0 aromatic carbocycles. The van der Waals surface area contributed by atoms with E-state index in [1.807, 2.05) is 13.1 Å². The molecule has 0 aliphatic carbocycles. The topological polar surface area (TPSA) is 84.2 Å². The summed E-state index contributed by atoms with van der Waals surface area (Å²) in [5, 5.41) is 16.0. The Balaban J connectivity index is 2.95. The van der Waals surface area contributed by atoms with Crippen LogP contribution in [0, 0.1) is 5.41 Å². The number of carboxylic acids is 1. The Morgan fingerprint density at radius 3 is 2.68 bits per heavy atom. The summed E-state index contributed by atoms with van der Waals surface area (Å²) in [5.74, 6) is -1.66. The molecule has 106 valence electrons. The summed E-state index contributed by atoms with van der Waals surface area (Å²) in [7, 11) is 1.43. The van der Waals surface area contributed by atoms with Gasteiger partial charge < -0.3 is 10.4 Å². The summed E-state index contributed by atoms with van der Waals surface area (Å²) in [6.45, 7) is 5.50. The third-order valence-electron chi connectivity index (χ3n) is 3.44. The minimum absolute atomic E-state index is 0.0748. The molecule has 1 amide bonds. The maximum absolute atomic E-state index is 11.7. The number of carbonyl (C=O) groups excluding carboxylic acids is 1. The molecule has 0 radical (unpaired) electrons. The zero-order valence-corrected chi connectivity index (χ0v) is 11.8. The molecule has 1 heterocycles. The van der Waals surface area contributed by atoms with E-state index >= 15 is 0 Å². The van der Waals surface area contributed by atoms with E-state index in [4.69, 9.17) is 0 Å². The van der Waals surface area contributed by atoms with E-state index < -0.39 is 17.3 Å². The van der Waals surface area contributed by atoms with Gasteiger partial charge in [-0.05, 0) is 26.3 Å². The summed E-state index contributed by atoms with van der Waals surface area (Å²) in [6.07, 6.45) is 2.83. The molecule has 0 aliphatic rings. The molecule has 2 unspecified atom stereocenters. The van der Waals surface area contributed by atoms with E-state index in [0.717, 1.165) is 6.42 Å². The highest BCUT2D eigenvalue weighted by molar-refractivity contribution is 6.01. The number of carbonyl (C=O) groups is 2. The molecule has 1 aromatic heterocycles. The first-order valence-corrected chi connectivity index (χ1v) is 6.34. The zero-order valence-electron chi connectivity index (χ0n) is 11.8. The van der Waals surface area contributed by atoms with E-state index in [2.05, 4.69) is 17.3 Å². The van der Waals surface area contributed by atoms with Crippen molar-refractivity contribution in [3.8, 4) is 0 Å². The van der Waals surface area contributed by atoms with Gasteiger partial charge in [0.25, 0.3) is 0 Å². The Bertz CT molecular complexity index is 469. The number of hydrogen-bond donors (Lipinski definition) is 2. The van der Waals surface area contributed by atoms with Gasteiger partial charge in [-0.3, -0.25) is 14.3 Å². The summed E-state index contributed by atoms with van der Waals surface area (Å²) in [6, 6.07) is 2.01. The number of aliphatic carboxylic acids is 1. The molecule has 1 rings (SSSR count). The Labute approximate surface area is 112 Å². The fourth-order valence-electron chi connectivity index (χ4n) is 1.80. The van der Waals surface area contributed by atoms with Gasteiger partial charge in [0.15, 0.2) is 0 Å². The highest BCUT2D eigenvalue weighted by Gasteiger charge is 2.41. The predicted octanol–water partition coefficient (Wildman–Crippen LogP) is 1.23. The fraction of sp³-hybridized carbons (Fsp3) is 0.615. The third-order valence-corrected chi connectivity index (χ3v) is 3.44. The second kappa shape index (κ2) is 5.86. The predicted molar refractivity (Wildman–Crippen MR) is 70.7 cm³/mol. The molecule has 0 bridgehead atoms. The average molecular weight is 267 g/mol. The highest BCUT2D eigenvalue weighted by atomic mass is 16.4. The van der Waals surface area contributed by atoms with Gasteiger partial charge in [-0.2, -0.15) is 5.10 Å². The van der Waals surface area contributed by atoms with Crippen LogP contribution in [-0.2, 0) is 16.0 Å². The molecule has 6 nitrogen and oxygen atoms in total. The lowest BCUT2D eigenvalue weighted by molar-refractivity contribution is -0.154. The van der Waals surface area contributed by atoms with Gasteiger partial charge in [0, 0.05) is 25.7 Å². The van der Waals surface area contributed by atoms with Crippen molar-refractivity contribution in [1.82, 2.24) is 15.1 Å². The summed E-state index contributed by atoms with van der Waals surface area (Å²) >= 11 is 0. The quantitative estimate of drug-likeness (QED) is 0.759. The summed E-state index contributed by atoms with van der Waals surface area (Å²) < 4.78 is 1.79. The van der Waals surface area contributed by atoms with Gasteiger partial charge in [0.2, 0.25) is 5.91 Å². The van der Waals surface area contributed by atoms with Crippen LogP contribution in [0.2, 0.25) is 0 Å². The van der Waals surface area contributed by atoms with Crippen molar-refractivity contribution in [2.24, 2.45) is 5.41 Å². The van der Waals surface area contributed by atoms with Gasteiger partial charge in [-0.1, -0.05) is 6.92 Å². The van der Waals surface area contributed by atoms with Gasteiger partial charge in [-0.25, -0.2) is 0 Å². The minimum atomic E-state index is -1.50. The van der Waals surface area contributed by atoms with E-state index in [0.29, 0.717) is 5.69 Å². The maximum atomic E-state index is 11.7. The summed E-state index contributed by atoms with van der Waals surface area (Å²) in [4.78, 5) is 23.1. The molecule has 0 spiro atoms. The maximum Gasteiger partial charge on any atom is 0.319 e. The summed E-state index contributed by atoms with van der Waals surface area (Å²) in [5.41, 5.74) is -0.891. The number of amides is 1. The molecule has 0 fully saturated rings. The SMILES string of the molecule is CCC(C)n1ccc(CC(C)(C(=O)O)C(=O)NC)n1. The fourth-order valence-corrected chi connectivity index (χ4v) is 1.80. The first kappa shape index (κ1) is 15.2. The number of rotatable bonds is 6. The van der Waals surface area contributed by atoms with Gasteiger partial charge >= 0.3 is 5.97 Å². The van der Waals surface area contributed by atoms with Crippen LogP contribution < -0.4 is 5.32 Å². The van der Waals surface area contributed by atoms with Crippen LogP contribution in [0.15, 0.2) is 12.3 Å². The van der Waals surface area contributed by atoms with Gasteiger partial charge in [0.1, 0.15) is 5.41 Å². The number of nitrogens with zero attached hydrogens (tertiary/aromatic N) is 2. The van der Waals surface area contributed by atoms with Crippen molar-refractivity contribution >= 4 is 11.9 Å². The Morgan fingerprint density at radius 2 is 2.21 bits per heavy atom. The Kier molecular flexibility index (Phi) is 4.69. The van der Waals surface area contributed by atoms with Crippen LogP contribution in [0.3, 0.4) is 0 Å². The number of nitrogens with one attached hydrogen (secondary N) is 1. The first-order chi connectivity index (χ1) is 8.85. The van der Waals surface area contributed by atoms with Crippen molar-refractivity contribution in [2.45, 2.75) is 39.7 Å². The van der Waals surface area contributed by atoms with E-state index in [-0.39, 0.29) is 12.5 Å². The molecule has 1 aromatic rings. The van der Waals surface area contributed by atoms with E-state index in [1.54, 1.807) is 10.7 Å². The molecule has 0 saturated heterocycles. The molecule has 6 heteroatoms. The van der Waals surface area contributed by atoms with Crippen LogP contribution in [0.1, 0.15) is 38.9 Å². The standard InChI is InChI=1S/C13H21N3O3/c1-5-9(2)16-7-6-10(15-16)8-13(3,12(18)19)11(17)14-4/h6-7,9H,5,8H2,1-4H3,(H,14,17)(H,18,19). The molecule has 0 aliphatic heterocycles. The molecule has 0 saturated carbocycles. The molecular formula is C13H21N3O3. The molecule has 19 heavy (non-hydrogen) atoms. The van der Waals surface area contributed by atoms with Crippen molar-refractivity contribution in [2.75, 3.05) is 7.05 Å². The van der Waals surface area contributed by atoms with Crippen molar-refractivity contribution in [1.29, 1.82) is 0 Å². The second-order valence-corrected chi connectivity index (χ2v) is 4.94. The number of aromatic nitrogens is 2. The molecular weight excluding hydrogens is 246 g/mol. The van der Waals surface area contributed by atoms with Crippen molar-refractivity contribution < 1.29 is 14.7 Å². The lowest BCUT2D eigenvalue weighted by Gasteiger charge is -2.21. The average Bonchev–Trinajstić information content (AvgIpc) is 2.84. The van der Waals surface area contributed by atoms with Crippen LogP contribution in [0.25, 0.3) is 0 Å². The number of carboxylic acid groups (broad SMARTS) is 1. The highest BCUT2D eigenvalue weighted by Crippen LogP contribution is 2.23. The zero-order chi connectivity index (χ0) is 14.6. The number of hydrogen-bond acceptors (Lipinski definition) is 3. The monoisotopic (exact) mass is 267 g/mol. The van der Waals surface area contributed by atoms with Crippen LogP contribution in [0.4, 0.5) is 0 Å². The van der Waals surface area contributed by atoms with Crippen LogP contribution in [-0.4, -0.2) is 33.8 Å². The Morgan fingerprint density at radius 1 is 1.58 bits per heavy atom. The largest absolute Gasteiger partial charge is 0.480 e. The minimum Gasteiger partial charge on any atom is -0.480 e. The van der Waals surface area contributed by atoms with Crippen LogP contribution in [0.5, 0.6) is 0 Å². The van der Waals surface area contributed by atoms with Gasteiger partial charge in [-0.15, -0.1) is 0 Å². The van der Waals surface area contributed by atoms with Crippen LogP contribution >= 0.6 is 0 Å². The smallest absolute Gasteiger partial charge is 0.319 e. The first-order valence-electron chi connectivity index (χ1n) is 6.34. The molecule has 2 atom stereocenters. The lowest BCUT2D eigenvalue weighted by Crippen LogP contribution is -2.44. The lowest BCUT2D eigenvalue weighted by atomic mass is 9.84. The van der Waals surface area contributed by atoms with Crippen molar-refractivity contribution in [3.05, 3.63) is 18.0 Å². The van der Waals surface area contributed by atoms with E-state index in [1.165, 1.54) is 14.0 Å². The van der Waals surface area contributed by atoms with Gasteiger partial charge in [0.05, 0.1) is 5.69 Å². The molecule has 2 N–H and O–H groups in total. The van der Waals surface area contributed by atoms with Crippen molar-refractivity contribution in [3.63, 3.8) is 0 Å². The second-order valence-electron chi connectivity index (χ2n) is 4.94. The van der Waals surface area contributed by atoms with E-state index in [9.17, 15) is 14.7 Å². The Hall–Kier alpha value is -1.85. The normalized spacial score (nSPS) is 15.6.